The van der Waals surface area contributed by atoms with Crippen molar-refractivity contribution < 1.29 is 5.11 Å². The fraction of sp³-hybridized carbons (Fsp3) is 0.462. The number of nitrogens with one attached hydrogen (secondary N) is 1. The molecule has 1 fully saturated rings. The molecule has 0 bridgehead atoms. The predicted molar refractivity (Wildman–Crippen MR) is 69.8 cm³/mol. The molecule has 0 amide bonds. The topological polar surface area (TPSA) is 56.0 Å². The maximum atomic E-state index is 9.33. The van der Waals surface area contributed by atoms with Crippen molar-refractivity contribution in [2.24, 2.45) is 0 Å². The summed E-state index contributed by atoms with van der Waals surface area (Å²) in [6.07, 6.45) is 0.900. The molecular formula is C13H16N2OS. The van der Waals surface area contributed by atoms with E-state index < -0.39 is 5.54 Å². The molecule has 0 aliphatic carbocycles. The first-order valence-electron chi connectivity index (χ1n) is 5.69. The molecule has 0 unspecified atom stereocenters. The third-order valence-electron chi connectivity index (χ3n) is 2.96. The smallest absolute Gasteiger partial charge is 0.139 e. The highest BCUT2D eigenvalue weighted by Gasteiger charge is 2.35. The van der Waals surface area contributed by atoms with Crippen LogP contribution in [0.15, 0.2) is 30.3 Å². The van der Waals surface area contributed by atoms with Crippen LogP contribution in [-0.2, 0) is 6.42 Å². The van der Waals surface area contributed by atoms with Gasteiger partial charge in [0.05, 0.1) is 12.7 Å². The molecule has 1 aromatic carbocycles. The molecule has 0 radical (unpaired) electrons. The van der Waals surface area contributed by atoms with Gasteiger partial charge in [0.2, 0.25) is 0 Å². The van der Waals surface area contributed by atoms with E-state index in [9.17, 15) is 5.11 Å². The second-order valence-electron chi connectivity index (χ2n) is 4.40. The monoisotopic (exact) mass is 248 g/mol. The highest BCUT2D eigenvalue weighted by Crippen LogP contribution is 2.22. The standard InChI is InChI=1S/C13H16N2OS/c14-8-13(9-16)10-17-7-12(15-13)6-11-4-2-1-3-5-11/h1-5,12,15-16H,6-7,9-10H2/t12-,13+/m1/s1. The van der Waals surface area contributed by atoms with Gasteiger partial charge in [-0.15, -0.1) is 0 Å². The van der Waals surface area contributed by atoms with Gasteiger partial charge < -0.3 is 5.11 Å². The van der Waals surface area contributed by atoms with Crippen molar-refractivity contribution in [3.8, 4) is 6.07 Å². The first-order chi connectivity index (χ1) is 8.28. The van der Waals surface area contributed by atoms with Gasteiger partial charge in [-0.3, -0.25) is 5.32 Å². The van der Waals surface area contributed by atoms with E-state index in [0.717, 1.165) is 12.2 Å². The SMILES string of the molecule is N#C[C@]1(CO)CSC[C@@H](Cc2ccccc2)N1. The first-order valence-corrected chi connectivity index (χ1v) is 6.85. The second kappa shape index (κ2) is 5.54. The number of benzene rings is 1. The van der Waals surface area contributed by atoms with E-state index in [0.29, 0.717) is 5.75 Å². The molecule has 0 spiro atoms. The zero-order chi connectivity index (χ0) is 12.1. The lowest BCUT2D eigenvalue weighted by atomic mass is 10.0. The number of hydrogen-bond donors (Lipinski definition) is 2. The van der Waals surface area contributed by atoms with Crippen LogP contribution in [0, 0.1) is 11.3 Å². The summed E-state index contributed by atoms with van der Waals surface area (Å²) in [6, 6.07) is 12.7. The first kappa shape index (κ1) is 12.4. The molecule has 1 aromatic rings. The van der Waals surface area contributed by atoms with Gasteiger partial charge in [-0.25, -0.2) is 0 Å². The molecule has 2 N–H and O–H groups in total. The molecule has 2 atom stereocenters. The Bertz CT molecular complexity index is 404. The van der Waals surface area contributed by atoms with Gasteiger partial charge in [0.15, 0.2) is 0 Å². The van der Waals surface area contributed by atoms with E-state index >= 15 is 0 Å². The minimum absolute atomic E-state index is 0.123. The maximum absolute atomic E-state index is 9.33. The number of aliphatic hydroxyl groups excluding tert-OH is 1. The van der Waals surface area contributed by atoms with Crippen molar-refractivity contribution in [1.82, 2.24) is 5.32 Å². The molecule has 2 rings (SSSR count). The van der Waals surface area contributed by atoms with Crippen LogP contribution in [-0.4, -0.2) is 34.8 Å². The minimum Gasteiger partial charge on any atom is -0.393 e. The summed E-state index contributed by atoms with van der Waals surface area (Å²) in [5.41, 5.74) is 0.500. The Labute approximate surface area is 106 Å². The normalized spacial score (nSPS) is 28.6. The Morgan fingerprint density at radius 2 is 2.24 bits per heavy atom. The van der Waals surface area contributed by atoms with Gasteiger partial charge in [0.1, 0.15) is 5.54 Å². The number of nitrogens with zero attached hydrogens (tertiary/aromatic N) is 1. The Kier molecular flexibility index (Phi) is 4.06. The molecule has 3 nitrogen and oxygen atoms in total. The van der Waals surface area contributed by atoms with Crippen LogP contribution in [0.3, 0.4) is 0 Å². The van der Waals surface area contributed by atoms with E-state index in [4.69, 9.17) is 5.26 Å². The number of aliphatic hydroxyl groups is 1. The highest BCUT2D eigenvalue weighted by molar-refractivity contribution is 7.99. The molecule has 1 heterocycles. The predicted octanol–water partition coefficient (Wildman–Crippen LogP) is 1.19. The van der Waals surface area contributed by atoms with Crippen molar-refractivity contribution in [2.45, 2.75) is 18.0 Å². The fourth-order valence-electron chi connectivity index (χ4n) is 2.05. The van der Waals surface area contributed by atoms with Crippen molar-refractivity contribution in [3.05, 3.63) is 35.9 Å². The molecule has 17 heavy (non-hydrogen) atoms. The maximum Gasteiger partial charge on any atom is 0.139 e. The van der Waals surface area contributed by atoms with Crippen LogP contribution < -0.4 is 5.32 Å². The van der Waals surface area contributed by atoms with E-state index in [1.54, 1.807) is 11.8 Å². The molecule has 0 saturated carbocycles. The van der Waals surface area contributed by atoms with Crippen LogP contribution in [0.25, 0.3) is 0 Å². The summed E-state index contributed by atoms with van der Waals surface area (Å²) in [5.74, 6) is 1.64. The molecule has 90 valence electrons. The van der Waals surface area contributed by atoms with Gasteiger partial charge in [-0.1, -0.05) is 30.3 Å². The molecular weight excluding hydrogens is 232 g/mol. The van der Waals surface area contributed by atoms with Crippen LogP contribution >= 0.6 is 11.8 Å². The van der Waals surface area contributed by atoms with Crippen LogP contribution in [0.4, 0.5) is 0 Å². The third kappa shape index (κ3) is 3.01. The Morgan fingerprint density at radius 1 is 1.47 bits per heavy atom. The van der Waals surface area contributed by atoms with Crippen molar-refractivity contribution in [1.29, 1.82) is 5.26 Å². The highest BCUT2D eigenvalue weighted by atomic mass is 32.2. The van der Waals surface area contributed by atoms with E-state index in [2.05, 4.69) is 23.5 Å². The molecule has 1 aliphatic rings. The summed E-state index contributed by atoms with van der Waals surface area (Å²) in [6.45, 7) is -0.123. The van der Waals surface area contributed by atoms with Crippen molar-refractivity contribution in [3.63, 3.8) is 0 Å². The van der Waals surface area contributed by atoms with Gasteiger partial charge >= 0.3 is 0 Å². The largest absolute Gasteiger partial charge is 0.393 e. The van der Waals surface area contributed by atoms with Crippen molar-refractivity contribution >= 4 is 11.8 Å². The lowest BCUT2D eigenvalue weighted by molar-refractivity contribution is 0.202. The lowest BCUT2D eigenvalue weighted by Crippen LogP contribution is -2.58. The average molecular weight is 248 g/mol. The second-order valence-corrected chi connectivity index (χ2v) is 5.43. The van der Waals surface area contributed by atoms with Crippen LogP contribution in [0.5, 0.6) is 0 Å². The Morgan fingerprint density at radius 3 is 2.88 bits per heavy atom. The lowest BCUT2D eigenvalue weighted by Gasteiger charge is -2.35. The Hall–Kier alpha value is -1.02. The third-order valence-corrected chi connectivity index (χ3v) is 4.29. The van der Waals surface area contributed by atoms with E-state index in [-0.39, 0.29) is 12.6 Å². The van der Waals surface area contributed by atoms with Crippen LogP contribution in [0.1, 0.15) is 5.56 Å². The Balaban J connectivity index is 2.01. The summed E-state index contributed by atoms with van der Waals surface area (Å²) in [4.78, 5) is 0. The quantitative estimate of drug-likeness (QED) is 0.843. The summed E-state index contributed by atoms with van der Waals surface area (Å²) in [7, 11) is 0. The minimum atomic E-state index is -0.762. The van der Waals surface area contributed by atoms with Gasteiger partial charge in [-0.05, 0) is 12.0 Å². The molecule has 0 aromatic heterocycles. The molecule has 1 saturated heterocycles. The van der Waals surface area contributed by atoms with Crippen molar-refractivity contribution in [2.75, 3.05) is 18.1 Å². The van der Waals surface area contributed by atoms with E-state index in [1.807, 2.05) is 18.2 Å². The van der Waals surface area contributed by atoms with Gasteiger partial charge in [0.25, 0.3) is 0 Å². The summed E-state index contributed by atoms with van der Waals surface area (Å²) < 4.78 is 0. The zero-order valence-corrected chi connectivity index (χ0v) is 10.4. The molecule has 4 heteroatoms. The van der Waals surface area contributed by atoms with Crippen LogP contribution in [0.2, 0.25) is 0 Å². The number of hydrogen-bond acceptors (Lipinski definition) is 4. The average Bonchev–Trinajstić information content (AvgIpc) is 2.40. The number of nitriles is 1. The zero-order valence-electron chi connectivity index (χ0n) is 9.60. The van der Waals surface area contributed by atoms with Gasteiger partial charge in [0, 0.05) is 17.5 Å². The summed E-state index contributed by atoms with van der Waals surface area (Å²) >= 11 is 1.73. The number of thioether (sulfide) groups is 1. The fourth-order valence-corrected chi connectivity index (χ4v) is 3.24. The van der Waals surface area contributed by atoms with Gasteiger partial charge in [-0.2, -0.15) is 17.0 Å². The molecule has 1 aliphatic heterocycles. The number of rotatable bonds is 3. The summed E-state index contributed by atoms with van der Waals surface area (Å²) in [5, 5.41) is 21.7. The van der Waals surface area contributed by atoms with E-state index in [1.165, 1.54) is 5.56 Å².